The maximum atomic E-state index is 9.87. The van der Waals surface area contributed by atoms with Crippen LogP contribution in [-0.4, -0.2) is 5.11 Å². The van der Waals surface area contributed by atoms with Gasteiger partial charge in [-0.3, -0.25) is 0 Å². The Morgan fingerprint density at radius 1 is 0.800 bits per heavy atom. The van der Waals surface area contributed by atoms with Crippen LogP contribution in [0.4, 0.5) is 0 Å². The predicted octanol–water partition coefficient (Wildman–Crippen LogP) is 8.11. The first-order chi connectivity index (χ1) is 14.3. The third-order valence-corrected chi connectivity index (χ3v) is 5.85. The Balaban J connectivity index is 1.76. The highest BCUT2D eigenvalue weighted by Gasteiger charge is 2.11. The average Bonchev–Trinajstić information content (AvgIpc) is 2.72. The van der Waals surface area contributed by atoms with E-state index in [4.69, 9.17) is 11.6 Å². The molecule has 0 saturated heterocycles. The molecule has 0 atom stereocenters. The molecule has 30 heavy (non-hydrogen) atoms. The van der Waals surface area contributed by atoms with E-state index in [0.717, 1.165) is 53.0 Å². The van der Waals surface area contributed by atoms with Crippen LogP contribution in [0.2, 0.25) is 5.02 Å². The summed E-state index contributed by atoms with van der Waals surface area (Å²) in [4.78, 5) is 0. The molecule has 0 aliphatic heterocycles. The quantitative estimate of drug-likeness (QED) is 0.290. The Labute approximate surface area is 185 Å². The van der Waals surface area contributed by atoms with E-state index in [2.05, 4.69) is 63.4 Å². The fourth-order valence-electron chi connectivity index (χ4n) is 3.76. The zero-order valence-corrected chi connectivity index (χ0v) is 18.6. The lowest BCUT2D eigenvalue weighted by atomic mass is 9.90. The minimum Gasteiger partial charge on any atom is -0.508 e. The molecule has 3 rings (SSSR count). The SMILES string of the molecule is C=C(O)c1ccc(C(=C)c2ccc(C)cc2)c(CCCCc2ccc(Cl)cc2C)c1. The number of aliphatic hydroxyl groups excluding tert-OH is 1. The van der Waals surface area contributed by atoms with E-state index >= 15 is 0 Å². The molecule has 0 bridgehead atoms. The second-order valence-corrected chi connectivity index (χ2v) is 8.38. The summed E-state index contributed by atoms with van der Waals surface area (Å²) in [6, 6.07) is 20.6. The van der Waals surface area contributed by atoms with Gasteiger partial charge in [0.15, 0.2) is 0 Å². The molecule has 0 unspecified atom stereocenters. The Morgan fingerprint density at radius 2 is 1.43 bits per heavy atom. The van der Waals surface area contributed by atoms with E-state index in [0.29, 0.717) is 0 Å². The molecular formula is C28H29ClO. The third kappa shape index (κ3) is 5.43. The molecular weight excluding hydrogens is 388 g/mol. The topological polar surface area (TPSA) is 20.2 Å². The van der Waals surface area contributed by atoms with Gasteiger partial charge in [-0.25, -0.2) is 0 Å². The van der Waals surface area contributed by atoms with Crippen molar-refractivity contribution in [1.82, 2.24) is 0 Å². The lowest BCUT2D eigenvalue weighted by molar-refractivity contribution is 0.513. The smallest absolute Gasteiger partial charge is 0.115 e. The van der Waals surface area contributed by atoms with Crippen LogP contribution in [0.25, 0.3) is 11.3 Å². The third-order valence-electron chi connectivity index (χ3n) is 5.61. The van der Waals surface area contributed by atoms with Gasteiger partial charge in [-0.1, -0.05) is 72.8 Å². The van der Waals surface area contributed by atoms with Crippen molar-refractivity contribution in [3.05, 3.63) is 118 Å². The van der Waals surface area contributed by atoms with Gasteiger partial charge < -0.3 is 5.11 Å². The second kappa shape index (κ2) is 9.82. The molecule has 0 spiro atoms. The molecule has 1 nitrogen and oxygen atoms in total. The number of aryl methyl sites for hydroxylation is 4. The minimum atomic E-state index is 0.0977. The van der Waals surface area contributed by atoms with Gasteiger partial charge in [-0.2, -0.15) is 0 Å². The van der Waals surface area contributed by atoms with Crippen molar-refractivity contribution in [2.24, 2.45) is 0 Å². The predicted molar refractivity (Wildman–Crippen MR) is 130 cm³/mol. The van der Waals surface area contributed by atoms with Crippen molar-refractivity contribution in [2.75, 3.05) is 0 Å². The number of unbranched alkanes of at least 4 members (excludes halogenated alkanes) is 1. The van der Waals surface area contributed by atoms with Crippen molar-refractivity contribution in [3.8, 4) is 0 Å². The van der Waals surface area contributed by atoms with Crippen LogP contribution in [0, 0.1) is 13.8 Å². The van der Waals surface area contributed by atoms with Gasteiger partial charge in [0.25, 0.3) is 0 Å². The Hall–Kier alpha value is -2.77. The number of hydrogen-bond donors (Lipinski definition) is 1. The van der Waals surface area contributed by atoms with Gasteiger partial charge in [0.2, 0.25) is 0 Å². The molecule has 3 aromatic rings. The van der Waals surface area contributed by atoms with Crippen LogP contribution in [0.15, 0.2) is 73.8 Å². The molecule has 0 amide bonds. The summed E-state index contributed by atoms with van der Waals surface area (Å²) < 4.78 is 0. The van der Waals surface area contributed by atoms with Crippen LogP contribution < -0.4 is 0 Å². The lowest BCUT2D eigenvalue weighted by Gasteiger charge is -2.15. The maximum absolute atomic E-state index is 9.87. The molecule has 1 N–H and O–H groups in total. The summed E-state index contributed by atoms with van der Waals surface area (Å²) in [5.41, 5.74) is 9.04. The molecule has 0 heterocycles. The van der Waals surface area contributed by atoms with Crippen molar-refractivity contribution in [2.45, 2.75) is 39.5 Å². The molecule has 154 valence electrons. The van der Waals surface area contributed by atoms with Crippen LogP contribution in [-0.2, 0) is 12.8 Å². The molecule has 0 saturated carbocycles. The van der Waals surface area contributed by atoms with E-state index in [1.54, 1.807) is 0 Å². The Morgan fingerprint density at radius 3 is 2.07 bits per heavy atom. The summed E-state index contributed by atoms with van der Waals surface area (Å²) in [7, 11) is 0. The molecule has 2 heteroatoms. The van der Waals surface area contributed by atoms with E-state index in [1.807, 2.05) is 24.3 Å². The maximum Gasteiger partial charge on any atom is 0.115 e. The monoisotopic (exact) mass is 416 g/mol. The van der Waals surface area contributed by atoms with Crippen LogP contribution in [0.3, 0.4) is 0 Å². The molecule has 0 aliphatic rings. The van der Waals surface area contributed by atoms with Crippen molar-refractivity contribution in [1.29, 1.82) is 0 Å². The van der Waals surface area contributed by atoms with E-state index in [1.165, 1.54) is 22.3 Å². The first kappa shape index (κ1) is 21.9. The largest absolute Gasteiger partial charge is 0.508 e. The summed E-state index contributed by atoms with van der Waals surface area (Å²) in [5, 5.41) is 10.7. The highest BCUT2D eigenvalue weighted by Crippen LogP contribution is 2.28. The van der Waals surface area contributed by atoms with Crippen molar-refractivity contribution in [3.63, 3.8) is 0 Å². The van der Waals surface area contributed by atoms with Gasteiger partial charge in [0, 0.05) is 10.6 Å². The molecule has 0 aromatic heterocycles. The van der Waals surface area contributed by atoms with Crippen molar-refractivity contribution < 1.29 is 5.11 Å². The van der Waals surface area contributed by atoms with Gasteiger partial charge in [0.05, 0.1) is 0 Å². The van der Waals surface area contributed by atoms with Crippen LogP contribution in [0.1, 0.15) is 51.8 Å². The number of benzene rings is 3. The van der Waals surface area contributed by atoms with Crippen LogP contribution >= 0.6 is 11.6 Å². The number of aliphatic hydroxyl groups is 1. The Bertz CT molecular complexity index is 1060. The lowest BCUT2D eigenvalue weighted by Crippen LogP contribution is -1.98. The Kier molecular flexibility index (Phi) is 7.18. The summed E-state index contributed by atoms with van der Waals surface area (Å²) in [5.74, 6) is 0.0977. The van der Waals surface area contributed by atoms with E-state index in [9.17, 15) is 5.11 Å². The highest BCUT2D eigenvalue weighted by atomic mass is 35.5. The van der Waals surface area contributed by atoms with E-state index < -0.39 is 0 Å². The molecule has 3 aromatic carbocycles. The first-order valence-corrected chi connectivity index (χ1v) is 10.8. The fourth-order valence-corrected chi connectivity index (χ4v) is 3.98. The van der Waals surface area contributed by atoms with Gasteiger partial charge in [-0.05, 0) is 91.1 Å². The summed E-state index contributed by atoms with van der Waals surface area (Å²) in [6.07, 6.45) is 4.10. The van der Waals surface area contributed by atoms with Gasteiger partial charge in [-0.15, -0.1) is 0 Å². The van der Waals surface area contributed by atoms with Crippen molar-refractivity contribution >= 4 is 22.9 Å². The van der Waals surface area contributed by atoms with Crippen LogP contribution in [0.5, 0.6) is 0 Å². The minimum absolute atomic E-state index is 0.0977. The van der Waals surface area contributed by atoms with Gasteiger partial charge in [0.1, 0.15) is 5.76 Å². The fraction of sp³-hybridized carbons (Fsp3) is 0.214. The molecule has 0 fully saturated rings. The molecule has 0 aliphatic carbocycles. The standard InChI is InChI=1S/C28H29ClO/c1-19-9-11-24(12-10-19)21(3)28-16-14-25(22(4)30)18-26(28)8-6-5-7-23-13-15-27(29)17-20(23)2/h9-18,30H,3-8H2,1-2H3. The zero-order valence-electron chi connectivity index (χ0n) is 17.8. The number of rotatable bonds is 8. The van der Waals surface area contributed by atoms with E-state index in [-0.39, 0.29) is 5.76 Å². The number of hydrogen-bond acceptors (Lipinski definition) is 1. The average molecular weight is 417 g/mol. The summed E-state index contributed by atoms with van der Waals surface area (Å²) >= 11 is 6.07. The first-order valence-electron chi connectivity index (χ1n) is 10.4. The summed E-state index contributed by atoms with van der Waals surface area (Å²) in [6.45, 7) is 12.2. The van der Waals surface area contributed by atoms with Gasteiger partial charge >= 0.3 is 0 Å². The molecule has 0 radical (unpaired) electrons. The highest BCUT2D eigenvalue weighted by molar-refractivity contribution is 6.30. The second-order valence-electron chi connectivity index (χ2n) is 7.94. The zero-order chi connectivity index (χ0) is 21.7. The number of halogens is 1. The normalized spacial score (nSPS) is 10.8.